The van der Waals surface area contributed by atoms with Crippen molar-refractivity contribution >= 4 is 11.7 Å². The third kappa shape index (κ3) is 3.01. The highest BCUT2D eigenvalue weighted by molar-refractivity contribution is 5.77. The van der Waals surface area contributed by atoms with Crippen molar-refractivity contribution in [2.45, 2.75) is 64.5 Å². The fraction of sp³-hybridized carbons (Fsp3) is 0.688. The summed E-state index contributed by atoms with van der Waals surface area (Å²) in [6.07, 6.45) is 6.62. The minimum Gasteiger partial charge on any atom is -0.367 e. The maximum absolute atomic E-state index is 11.9. The molecule has 3 rings (SSSR count). The summed E-state index contributed by atoms with van der Waals surface area (Å²) in [6, 6.07) is 2.72. The van der Waals surface area contributed by atoms with Crippen LogP contribution >= 0.6 is 0 Å². The molecule has 5 heteroatoms. The fourth-order valence-electron chi connectivity index (χ4n) is 3.31. The third-order valence-corrected chi connectivity index (χ3v) is 4.55. The summed E-state index contributed by atoms with van der Waals surface area (Å²) in [6.45, 7) is 4.69. The van der Waals surface area contributed by atoms with E-state index in [4.69, 9.17) is 0 Å². The van der Waals surface area contributed by atoms with Crippen molar-refractivity contribution in [1.29, 1.82) is 0 Å². The number of aryl methyl sites for hydroxylation is 1. The zero-order valence-corrected chi connectivity index (χ0v) is 12.9. The lowest BCUT2D eigenvalue weighted by Crippen LogP contribution is -2.45. The van der Waals surface area contributed by atoms with Gasteiger partial charge in [0, 0.05) is 25.1 Å². The molecular formula is C16H24N4O. The van der Waals surface area contributed by atoms with Gasteiger partial charge in [0.2, 0.25) is 5.91 Å². The molecule has 1 aliphatic heterocycles. The monoisotopic (exact) mass is 288 g/mol. The van der Waals surface area contributed by atoms with Crippen molar-refractivity contribution in [3.63, 3.8) is 0 Å². The Bertz CT molecular complexity index is 525. The molecule has 1 atom stereocenters. The molecule has 5 nitrogen and oxygen atoms in total. The van der Waals surface area contributed by atoms with E-state index in [1.54, 1.807) is 0 Å². The van der Waals surface area contributed by atoms with E-state index in [1.165, 1.54) is 25.7 Å². The number of hydrogen-bond acceptors (Lipinski definition) is 4. The molecule has 0 unspecified atom stereocenters. The predicted octanol–water partition coefficient (Wildman–Crippen LogP) is 2.82. The molecule has 0 spiro atoms. The van der Waals surface area contributed by atoms with Gasteiger partial charge in [0.05, 0.1) is 11.7 Å². The molecule has 2 heterocycles. The van der Waals surface area contributed by atoms with Gasteiger partial charge in [-0.25, -0.2) is 9.97 Å². The number of nitrogens with zero attached hydrogens (tertiary/aromatic N) is 3. The van der Waals surface area contributed by atoms with E-state index < -0.39 is 0 Å². The van der Waals surface area contributed by atoms with Crippen LogP contribution in [0.4, 0.5) is 5.82 Å². The summed E-state index contributed by atoms with van der Waals surface area (Å²) in [4.78, 5) is 22.9. The van der Waals surface area contributed by atoms with Gasteiger partial charge in [-0.1, -0.05) is 19.8 Å². The van der Waals surface area contributed by atoms with E-state index in [0.29, 0.717) is 12.5 Å². The van der Waals surface area contributed by atoms with Gasteiger partial charge in [0.15, 0.2) is 0 Å². The van der Waals surface area contributed by atoms with E-state index in [2.05, 4.69) is 15.3 Å². The van der Waals surface area contributed by atoms with Crippen LogP contribution in [0.2, 0.25) is 0 Å². The number of hydrogen-bond donors (Lipinski definition) is 1. The van der Waals surface area contributed by atoms with Gasteiger partial charge < -0.3 is 10.2 Å². The molecule has 1 aliphatic carbocycles. The minimum absolute atomic E-state index is 0.142. The van der Waals surface area contributed by atoms with Crippen molar-refractivity contribution in [2.75, 3.05) is 11.9 Å². The lowest BCUT2D eigenvalue weighted by Gasteiger charge is -2.40. The smallest absolute Gasteiger partial charge is 0.222 e. The molecule has 21 heavy (non-hydrogen) atoms. The highest BCUT2D eigenvalue weighted by atomic mass is 16.2. The normalized spacial score (nSPS) is 22.2. The summed E-state index contributed by atoms with van der Waals surface area (Å²) in [5.74, 6) is 1.91. The Hall–Kier alpha value is -1.65. The van der Waals surface area contributed by atoms with Crippen molar-refractivity contribution in [3.8, 4) is 0 Å². The lowest BCUT2D eigenvalue weighted by molar-refractivity contribution is -0.138. The Labute approximate surface area is 126 Å². The zero-order chi connectivity index (χ0) is 14.8. The Morgan fingerprint density at radius 2 is 2.10 bits per heavy atom. The summed E-state index contributed by atoms with van der Waals surface area (Å²) in [7, 11) is 0. The van der Waals surface area contributed by atoms with E-state index in [0.717, 1.165) is 30.3 Å². The van der Waals surface area contributed by atoms with E-state index in [9.17, 15) is 4.79 Å². The molecule has 1 saturated heterocycles. The van der Waals surface area contributed by atoms with Crippen molar-refractivity contribution < 1.29 is 4.79 Å². The Kier molecular flexibility index (Phi) is 4.08. The minimum atomic E-state index is 0.142. The Morgan fingerprint density at radius 1 is 1.33 bits per heavy atom. The van der Waals surface area contributed by atoms with Gasteiger partial charge in [-0.2, -0.15) is 0 Å². The second-order valence-corrected chi connectivity index (χ2v) is 6.10. The average molecular weight is 288 g/mol. The first kappa shape index (κ1) is 14.3. The molecule has 2 fully saturated rings. The lowest BCUT2D eigenvalue weighted by atomic mass is 9.98. The number of rotatable bonds is 4. The number of anilines is 1. The van der Waals surface area contributed by atoms with Crippen molar-refractivity contribution in [2.24, 2.45) is 0 Å². The van der Waals surface area contributed by atoms with Gasteiger partial charge in [-0.05, 0) is 26.2 Å². The van der Waals surface area contributed by atoms with Crippen molar-refractivity contribution in [3.05, 3.63) is 17.6 Å². The highest BCUT2D eigenvalue weighted by Crippen LogP contribution is 2.33. The number of carbonyl (C=O) groups excluding carboxylic acids is 1. The summed E-state index contributed by atoms with van der Waals surface area (Å²) in [5.41, 5.74) is 0.982. The van der Waals surface area contributed by atoms with Crippen LogP contribution in [0, 0.1) is 6.92 Å². The molecule has 0 radical (unpaired) electrons. The molecule has 2 aliphatic rings. The number of nitrogens with one attached hydrogen (secondary N) is 1. The maximum Gasteiger partial charge on any atom is 0.222 e. The number of amides is 1. The van der Waals surface area contributed by atoms with E-state index >= 15 is 0 Å². The highest BCUT2D eigenvalue weighted by Gasteiger charge is 2.33. The fourth-order valence-corrected chi connectivity index (χ4v) is 3.31. The topological polar surface area (TPSA) is 58.1 Å². The quantitative estimate of drug-likeness (QED) is 0.925. The largest absolute Gasteiger partial charge is 0.367 e. The summed E-state index contributed by atoms with van der Waals surface area (Å²) >= 11 is 0. The van der Waals surface area contributed by atoms with Crippen LogP contribution < -0.4 is 5.32 Å². The number of likely N-dealkylation sites (tertiary alicyclic amines) is 1. The molecule has 0 aromatic carbocycles. The van der Waals surface area contributed by atoms with Gasteiger partial charge in [-0.15, -0.1) is 0 Å². The first-order valence-electron chi connectivity index (χ1n) is 8.09. The molecule has 1 aromatic rings. The zero-order valence-electron chi connectivity index (χ0n) is 12.9. The summed E-state index contributed by atoms with van der Waals surface area (Å²) in [5, 5.41) is 3.53. The molecule has 0 bridgehead atoms. The SMILES string of the molecule is CCC(=O)N1CC[C@H]1c1cc(NC2CCCC2)nc(C)n1. The number of aromatic nitrogens is 2. The van der Waals surface area contributed by atoms with Crippen LogP contribution in [0.5, 0.6) is 0 Å². The Morgan fingerprint density at radius 3 is 2.71 bits per heavy atom. The molecule has 1 aromatic heterocycles. The van der Waals surface area contributed by atoms with Gasteiger partial charge >= 0.3 is 0 Å². The first-order chi connectivity index (χ1) is 10.2. The van der Waals surface area contributed by atoms with E-state index in [1.807, 2.05) is 24.8 Å². The molecule has 114 valence electrons. The van der Waals surface area contributed by atoms with Gasteiger partial charge in [0.25, 0.3) is 0 Å². The second-order valence-electron chi connectivity index (χ2n) is 6.10. The van der Waals surface area contributed by atoms with Crippen LogP contribution in [-0.4, -0.2) is 33.4 Å². The van der Waals surface area contributed by atoms with Crippen molar-refractivity contribution in [1.82, 2.24) is 14.9 Å². The predicted molar refractivity (Wildman–Crippen MR) is 82.0 cm³/mol. The molecule has 1 N–H and O–H groups in total. The average Bonchev–Trinajstić information content (AvgIpc) is 2.89. The maximum atomic E-state index is 11.9. The van der Waals surface area contributed by atoms with Gasteiger partial charge in [-0.3, -0.25) is 4.79 Å². The van der Waals surface area contributed by atoms with Gasteiger partial charge in [0.1, 0.15) is 11.6 Å². The second kappa shape index (κ2) is 6.00. The molecular weight excluding hydrogens is 264 g/mol. The third-order valence-electron chi connectivity index (χ3n) is 4.55. The van der Waals surface area contributed by atoms with Crippen LogP contribution in [0.15, 0.2) is 6.07 Å². The Balaban J connectivity index is 1.76. The van der Waals surface area contributed by atoms with Crippen LogP contribution in [0.25, 0.3) is 0 Å². The van der Waals surface area contributed by atoms with Crippen LogP contribution in [0.3, 0.4) is 0 Å². The molecule has 1 saturated carbocycles. The standard InChI is InChI=1S/C16H24N4O/c1-3-16(21)20-9-8-14(20)13-10-15(18-11(2)17-13)19-12-6-4-5-7-12/h10,12,14H,3-9H2,1-2H3,(H,17,18,19)/t14-/m0/s1. The van der Waals surface area contributed by atoms with Crippen LogP contribution in [0.1, 0.15) is 63.0 Å². The summed E-state index contributed by atoms with van der Waals surface area (Å²) < 4.78 is 0. The first-order valence-corrected chi connectivity index (χ1v) is 8.09. The van der Waals surface area contributed by atoms with Crippen LogP contribution in [-0.2, 0) is 4.79 Å². The van der Waals surface area contributed by atoms with E-state index in [-0.39, 0.29) is 11.9 Å². The number of carbonyl (C=O) groups is 1. The molecule has 1 amide bonds.